The van der Waals surface area contributed by atoms with E-state index >= 15 is 0 Å². The third kappa shape index (κ3) is 2.48. The first-order chi connectivity index (χ1) is 5.01. The van der Waals surface area contributed by atoms with Crippen molar-refractivity contribution in [1.29, 1.82) is 0 Å². The van der Waals surface area contributed by atoms with Gasteiger partial charge >= 0.3 is 0 Å². The first kappa shape index (κ1) is 9.05. The van der Waals surface area contributed by atoms with Gasteiger partial charge in [-0.2, -0.15) is 0 Å². The van der Waals surface area contributed by atoms with Crippen LogP contribution in [-0.4, -0.2) is 12.2 Å². The van der Waals surface area contributed by atoms with Gasteiger partial charge in [-0.25, -0.2) is 0 Å². The molecule has 66 valence electrons. The Kier molecular flexibility index (Phi) is 2.58. The molecule has 1 fully saturated rings. The van der Waals surface area contributed by atoms with Gasteiger partial charge in [-0.05, 0) is 38.5 Å². The Labute approximate surface area is 70.1 Å². The predicted molar refractivity (Wildman–Crippen MR) is 47.6 cm³/mol. The SMILES string of the molecule is CC(C)[C@H]1CCOC(C)(C)C1. The third-order valence-corrected chi connectivity index (χ3v) is 2.68. The second-order valence-electron chi connectivity index (χ2n) is 4.61. The summed E-state index contributed by atoms with van der Waals surface area (Å²) >= 11 is 0. The lowest BCUT2D eigenvalue weighted by Gasteiger charge is -2.37. The van der Waals surface area contributed by atoms with Gasteiger partial charge in [0, 0.05) is 6.61 Å². The lowest BCUT2D eigenvalue weighted by Crippen LogP contribution is -2.35. The summed E-state index contributed by atoms with van der Waals surface area (Å²) in [5.41, 5.74) is 0.132. The maximum absolute atomic E-state index is 5.65. The van der Waals surface area contributed by atoms with E-state index in [1.807, 2.05) is 0 Å². The number of hydrogen-bond donors (Lipinski definition) is 0. The zero-order chi connectivity index (χ0) is 8.48. The normalized spacial score (nSPS) is 30.8. The minimum atomic E-state index is 0.132. The van der Waals surface area contributed by atoms with Crippen molar-refractivity contribution in [3.05, 3.63) is 0 Å². The Morgan fingerprint density at radius 1 is 1.36 bits per heavy atom. The van der Waals surface area contributed by atoms with Gasteiger partial charge in [-0.15, -0.1) is 0 Å². The zero-order valence-electron chi connectivity index (χ0n) is 8.18. The van der Waals surface area contributed by atoms with Crippen LogP contribution in [0.4, 0.5) is 0 Å². The van der Waals surface area contributed by atoms with E-state index < -0.39 is 0 Å². The van der Waals surface area contributed by atoms with Crippen molar-refractivity contribution in [3.63, 3.8) is 0 Å². The Hall–Kier alpha value is -0.0400. The van der Waals surface area contributed by atoms with Crippen LogP contribution in [0.15, 0.2) is 0 Å². The van der Waals surface area contributed by atoms with E-state index in [-0.39, 0.29) is 5.60 Å². The van der Waals surface area contributed by atoms with Crippen molar-refractivity contribution >= 4 is 0 Å². The lowest BCUT2D eigenvalue weighted by atomic mass is 9.81. The summed E-state index contributed by atoms with van der Waals surface area (Å²) in [5, 5.41) is 0. The summed E-state index contributed by atoms with van der Waals surface area (Å²) in [5.74, 6) is 1.69. The molecule has 0 bridgehead atoms. The van der Waals surface area contributed by atoms with Crippen LogP contribution in [0.5, 0.6) is 0 Å². The molecule has 1 aliphatic rings. The summed E-state index contributed by atoms with van der Waals surface area (Å²) in [4.78, 5) is 0. The van der Waals surface area contributed by atoms with E-state index in [0.717, 1.165) is 18.4 Å². The maximum atomic E-state index is 5.65. The van der Waals surface area contributed by atoms with Crippen molar-refractivity contribution in [2.75, 3.05) is 6.61 Å². The van der Waals surface area contributed by atoms with Gasteiger partial charge in [0.25, 0.3) is 0 Å². The monoisotopic (exact) mass is 156 g/mol. The highest BCUT2D eigenvalue weighted by Crippen LogP contribution is 2.32. The van der Waals surface area contributed by atoms with Gasteiger partial charge in [-0.1, -0.05) is 13.8 Å². The van der Waals surface area contributed by atoms with Crippen LogP contribution in [0.3, 0.4) is 0 Å². The van der Waals surface area contributed by atoms with E-state index in [1.165, 1.54) is 12.8 Å². The molecule has 0 N–H and O–H groups in total. The highest BCUT2D eigenvalue weighted by molar-refractivity contribution is 4.79. The van der Waals surface area contributed by atoms with Crippen molar-refractivity contribution in [3.8, 4) is 0 Å². The Morgan fingerprint density at radius 2 is 2.00 bits per heavy atom. The van der Waals surface area contributed by atoms with E-state index in [9.17, 15) is 0 Å². The van der Waals surface area contributed by atoms with Crippen LogP contribution >= 0.6 is 0 Å². The molecule has 0 spiro atoms. The van der Waals surface area contributed by atoms with E-state index in [2.05, 4.69) is 27.7 Å². The molecule has 0 radical (unpaired) electrons. The molecule has 1 heterocycles. The van der Waals surface area contributed by atoms with Gasteiger partial charge in [0.2, 0.25) is 0 Å². The molecule has 0 aromatic carbocycles. The van der Waals surface area contributed by atoms with Crippen molar-refractivity contribution < 1.29 is 4.74 Å². The molecule has 0 aromatic heterocycles. The second kappa shape index (κ2) is 3.14. The Balaban J connectivity index is 2.46. The number of ether oxygens (including phenoxy) is 1. The quantitative estimate of drug-likeness (QED) is 0.567. The van der Waals surface area contributed by atoms with E-state index in [0.29, 0.717) is 0 Å². The molecule has 0 unspecified atom stereocenters. The number of rotatable bonds is 1. The number of hydrogen-bond acceptors (Lipinski definition) is 1. The summed E-state index contributed by atoms with van der Waals surface area (Å²) in [6.45, 7) is 9.97. The second-order valence-corrected chi connectivity index (χ2v) is 4.61. The molecule has 1 nitrogen and oxygen atoms in total. The smallest absolute Gasteiger partial charge is 0.0629 e. The molecule has 1 heteroatoms. The molecule has 0 amide bonds. The minimum absolute atomic E-state index is 0.132. The van der Waals surface area contributed by atoms with Gasteiger partial charge < -0.3 is 4.74 Å². The third-order valence-electron chi connectivity index (χ3n) is 2.68. The van der Waals surface area contributed by atoms with Crippen LogP contribution in [-0.2, 0) is 4.74 Å². The van der Waals surface area contributed by atoms with Gasteiger partial charge in [0.05, 0.1) is 5.60 Å². The molecular formula is C10H20O. The average Bonchev–Trinajstić information content (AvgIpc) is 1.85. The molecular weight excluding hydrogens is 136 g/mol. The topological polar surface area (TPSA) is 9.23 Å². The summed E-state index contributed by atoms with van der Waals surface area (Å²) in [7, 11) is 0. The summed E-state index contributed by atoms with van der Waals surface area (Å²) in [6.07, 6.45) is 2.48. The van der Waals surface area contributed by atoms with E-state index in [1.54, 1.807) is 0 Å². The predicted octanol–water partition coefficient (Wildman–Crippen LogP) is 2.85. The van der Waals surface area contributed by atoms with Crippen molar-refractivity contribution in [2.45, 2.75) is 46.1 Å². The fraction of sp³-hybridized carbons (Fsp3) is 1.00. The fourth-order valence-electron chi connectivity index (χ4n) is 1.85. The zero-order valence-corrected chi connectivity index (χ0v) is 8.18. The van der Waals surface area contributed by atoms with Crippen molar-refractivity contribution in [2.24, 2.45) is 11.8 Å². The van der Waals surface area contributed by atoms with Crippen LogP contribution in [0.2, 0.25) is 0 Å². The first-order valence-corrected chi connectivity index (χ1v) is 4.65. The first-order valence-electron chi connectivity index (χ1n) is 4.65. The van der Waals surface area contributed by atoms with Gasteiger partial charge in [0.15, 0.2) is 0 Å². The van der Waals surface area contributed by atoms with Crippen LogP contribution < -0.4 is 0 Å². The molecule has 1 saturated heterocycles. The van der Waals surface area contributed by atoms with Gasteiger partial charge in [0.1, 0.15) is 0 Å². The molecule has 0 saturated carbocycles. The summed E-state index contributed by atoms with van der Waals surface area (Å²) in [6, 6.07) is 0. The van der Waals surface area contributed by atoms with Crippen molar-refractivity contribution in [1.82, 2.24) is 0 Å². The molecule has 1 atom stereocenters. The Bertz CT molecular complexity index is 127. The highest BCUT2D eigenvalue weighted by Gasteiger charge is 2.29. The fourth-order valence-corrected chi connectivity index (χ4v) is 1.85. The van der Waals surface area contributed by atoms with E-state index in [4.69, 9.17) is 4.74 Å². The van der Waals surface area contributed by atoms with Crippen LogP contribution in [0.1, 0.15) is 40.5 Å². The molecule has 1 aliphatic heterocycles. The largest absolute Gasteiger partial charge is 0.376 e. The minimum Gasteiger partial charge on any atom is -0.376 e. The standard InChI is InChI=1S/C10H20O/c1-8(2)9-5-6-11-10(3,4)7-9/h8-9H,5-7H2,1-4H3/t9-/m0/s1. The molecule has 11 heavy (non-hydrogen) atoms. The van der Waals surface area contributed by atoms with Gasteiger partial charge in [-0.3, -0.25) is 0 Å². The Morgan fingerprint density at radius 3 is 2.36 bits per heavy atom. The highest BCUT2D eigenvalue weighted by atomic mass is 16.5. The summed E-state index contributed by atoms with van der Waals surface area (Å²) < 4.78 is 5.65. The van der Waals surface area contributed by atoms with Crippen LogP contribution in [0.25, 0.3) is 0 Å². The lowest BCUT2D eigenvalue weighted by molar-refractivity contribution is -0.0799. The van der Waals surface area contributed by atoms with Crippen LogP contribution in [0, 0.1) is 11.8 Å². The molecule has 1 rings (SSSR count). The molecule has 0 aliphatic carbocycles. The molecule has 0 aromatic rings. The maximum Gasteiger partial charge on any atom is 0.0629 e. The average molecular weight is 156 g/mol.